The molecule has 3 aromatic rings. The van der Waals surface area contributed by atoms with E-state index in [4.69, 9.17) is 4.74 Å². The second-order valence-corrected chi connectivity index (χ2v) is 6.46. The third kappa shape index (κ3) is 4.18. The molecular weight excluding hydrogens is 374 g/mol. The Morgan fingerprint density at radius 3 is 2.57 bits per heavy atom. The maximum atomic E-state index is 5.16. The van der Waals surface area contributed by atoms with Crippen LogP contribution in [0.15, 0.2) is 63.5 Å². The van der Waals surface area contributed by atoms with E-state index in [9.17, 15) is 0 Å². The molecule has 1 N–H and O–H groups in total. The molecule has 0 saturated heterocycles. The zero-order valence-corrected chi connectivity index (χ0v) is 14.8. The molecule has 0 aliphatic rings. The third-order valence-electron chi connectivity index (χ3n) is 3.13. The van der Waals surface area contributed by atoms with Crippen molar-refractivity contribution in [2.75, 3.05) is 12.5 Å². The quantitative estimate of drug-likeness (QED) is 0.493. The molecule has 0 radical (unpaired) electrons. The highest BCUT2D eigenvalue weighted by Gasteiger charge is 2.04. The van der Waals surface area contributed by atoms with Crippen molar-refractivity contribution in [1.82, 2.24) is 4.98 Å². The molecule has 0 unspecified atom stereocenters. The van der Waals surface area contributed by atoms with E-state index in [0.29, 0.717) is 0 Å². The summed E-state index contributed by atoms with van der Waals surface area (Å²) in [5.41, 5.74) is 5.95. The topological polar surface area (TPSA) is 46.5 Å². The van der Waals surface area contributed by atoms with Gasteiger partial charge in [0.05, 0.1) is 19.0 Å². The van der Waals surface area contributed by atoms with Crippen LogP contribution in [0.25, 0.3) is 11.3 Å². The highest BCUT2D eigenvalue weighted by atomic mass is 79.9. The Bertz CT molecular complexity index is 797. The van der Waals surface area contributed by atoms with Crippen molar-refractivity contribution in [2.24, 2.45) is 5.10 Å². The fourth-order valence-electron chi connectivity index (χ4n) is 1.93. The highest BCUT2D eigenvalue weighted by molar-refractivity contribution is 9.10. The van der Waals surface area contributed by atoms with Gasteiger partial charge in [-0.05, 0) is 42.0 Å². The predicted molar refractivity (Wildman–Crippen MR) is 99.5 cm³/mol. The Labute approximate surface area is 147 Å². The van der Waals surface area contributed by atoms with Crippen molar-refractivity contribution >= 4 is 38.6 Å². The molecule has 3 rings (SSSR count). The molecule has 0 bridgehead atoms. The summed E-state index contributed by atoms with van der Waals surface area (Å²) in [5.74, 6) is 0.835. The summed E-state index contributed by atoms with van der Waals surface area (Å²) in [7, 11) is 1.66. The van der Waals surface area contributed by atoms with Crippen LogP contribution >= 0.6 is 27.3 Å². The van der Waals surface area contributed by atoms with Crippen molar-refractivity contribution in [2.45, 2.75) is 0 Å². The number of nitrogens with one attached hydrogen (secondary N) is 1. The average molecular weight is 388 g/mol. The van der Waals surface area contributed by atoms with E-state index in [2.05, 4.69) is 31.4 Å². The fraction of sp³-hybridized carbons (Fsp3) is 0.0588. The number of hydrogen-bond acceptors (Lipinski definition) is 5. The van der Waals surface area contributed by atoms with Crippen LogP contribution in [0.3, 0.4) is 0 Å². The van der Waals surface area contributed by atoms with Crippen molar-refractivity contribution in [1.29, 1.82) is 0 Å². The van der Waals surface area contributed by atoms with E-state index in [1.54, 1.807) is 13.3 Å². The highest BCUT2D eigenvalue weighted by Crippen LogP contribution is 2.26. The maximum Gasteiger partial charge on any atom is 0.203 e. The van der Waals surface area contributed by atoms with E-state index >= 15 is 0 Å². The SMILES string of the molecule is COc1ccc(-c2csc(N/N=C\c3ccc(Br)cc3)n2)cc1. The molecule has 0 amide bonds. The van der Waals surface area contributed by atoms with Crippen LogP contribution in [-0.4, -0.2) is 18.3 Å². The Morgan fingerprint density at radius 1 is 1.13 bits per heavy atom. The second kappa shape index (κ2) is 7.39. The van der Waals surface area contributed by atoms with Gasteiger partial charge in [0, 0.05) is 15.4 Å². The molecule has 4 nitrogen and oxygen atoms in total. The molecular formula is C17H14BrN3OS. The van der Waals surface area contributed by atoms with Crippen molar-refractivity contribution in [3.05, 3.63) is 63.9 Å². The van der Waals surface area contributed by atoms with Gasteiger partial charge in [0.2, 0.25) is 5.13 Å². The summed E-state index contributed by atoms with van der Waals surface area (Å²) in [6.45, 7) is 0. The number of halogens is 1. The minimum absolute atomic E-state index is 0.754. The second-order valence-electron chi connectivity index (χ2n) is 4.69. The molecule has 1 aromatic heterocycles. The van der Waals surface area contributed by atoms with Crippen LogP contribution < -0.4 is 10.2 Å². The van der Waals surface area contributed by atoms with Crippen LogP contribution in [-0.2, 0) is 0 Å². The molecule has 0 aliphatic heterocycles. The van der Waals surface area contributed by atoms with Crippen LogP contribution in [0.4, 0.5) is 5.13 Å². The lowest BCUT2D eigenvalue weighted by Crippen LogP contribution is -1.90. The first-order valence-electron chi connectivity index (χ1n) is 6.89. The lowest BCUT2D eigenvalue weighted by Gasteiger charge is -2.00. The largest absolute Gasteiger partial charge is 0.497 e. The fourth-order valence-corrected chi connectivity index (χ4v) is 2.86. The smallest absolute Gasteiger partial charge is 0.203 e. The minimum Gasteiger partial charge on any atom is -0.497 e. The molecule has 6 heteroatoms. The van der Waals surface area contributed by atoms with E-state index in [0.717, 1.165) is 32.2 Å². The number of ether oxygens (including phenoxy) is 1. The van der Waals surface area contributed by atoms with E-state index in [1.807, 2.05) is 53.9 Å². The van der Waals surface area contributed by atoms with Gasteiger partial charge in [-0.15, -0.1) is 11.3 Å². The summed E-state index contributed by atoms with van der Waals surface area (Å²) in [6.07, 6.45) is 1.76. The van der Waals surface area contributed by atoms with Gasteiger partial charge in [-0.1, -0.05) is 28.1 Å². The van der Waals surface area contributed by atoms with Crippen molar-refractivity contribution in [3.63, 3.8) is 0 Å². The normalized spacial score (nSPS) is 10.9. The van der Waals surface area contributed by atoms with E-state index < -0.39 is 0 Å². The number of rotatable bonds is 5. The lowest BCUT2D eigenvalue weighted by atomic mass is 10.2. The van der Waals surface area contributed by atoms with Gasteiger partial charge in [0.25, 0.3) is 0 Å². The number of hydrazone groups is 1. The van der Waals surface area contributed by atoms with Crippen LogP contribution in [0, 0.1) is 0 Å². The Kier molecular flexibility index (Phi) is 5.05. The average Bonchev–Trinajstić information content (AvgIpc) is 3.06. The first-order valence-corrected chi connectivity index (χ1v) is 8.56. The zero-order chi connectivity index (χ0) is 16.1. The summed E-state index contributed by atoms with van der Waals surface area (Å²) < 4.78 is 6.21. The Morgan fingerprint density at radius 2 is 1.87 bits per heavy atom. The summed E-state index contributed by atoms with van der Waals surface area (Å²) >= 11 is 4.93. The number of methoxy groups -OCH3 is 1. The van der Waals surface area contributed by atoms with Gasteiger partial charge in [-0.25, -0.2) is 4.98 Å². The van der Waals surface area contributed by atoms with Gasteiger partial charge >= 0.3 is 0 Å². The van der Waals surface area contributed by atoms with Crippen molar-refractivity contribution < 1.29 is 4.74 Å². The van der Waals surface area contributed by atoms with Crippen LogP contribution in [0.1, 0.15) is 5.56 Å². The minimum atomic E-state index is 0.754. The van der Waals surface area contributed by atoms with E-state index in [-0.39, 0.29) is 0 Å². The molecule has 0 aliphatic carbocycles. The zero-order valence-electron chi connectivity index (χ0n) is 12.4. The summed E-state index contributed by atoms with van der Waals surface area (Å²) in [6, 6.07) is 15.8. The van der Waals surface area contributed by atoms with Gasteiger partial charge in [-0.3, -0.25) is 5.43 Å². The van der Waals surface area contributed by atoms with Crippen LogP contribution in [0.2, 0.25) is 0 Å². The predicted octanol–water partition coefficient (Wildman–Crippen LogP) is 5.03. The third-order valence-corrected chi connectivity index (χ3v) is 4.41. The number of aromatic nitrogens is 1. The Hall–Kier alpha value is -2.18. The number of thiazole rings is 1. The molecule has 0 saturated carbocycles. The van der Waals surface area contributed by atoms with Gasteiger partial charge < -0.3 is 4.74 Å². The maximum absolute atomic E-state index is 5.16. The first kappa shape index (κ1) is 15.7. The monoisotopic (exact) mass is 387 g/mol. The van der Waals surface area contributed by atoms with Gasteiger partial charge in [0.15, 0.2) is 0 Å². The molecule has 1 heterocycles. The number of anilines is 1. The molecule has 116 valence electrons. The summed E-state index contributed by atoms with van der Waals surface area (Å²) in [5, 5.41) is 6.97. The number of benzene rings is 2. The standard InChI is InChI=1S/C17H14BrN3OS/c1-22-15-8-4-13(5-9-15)16-11-23-17(20-16)21-19-10-12-2-6-14(18)7-3-12/h2-11H,1H3,(H,20,21)/b19-10-. The summed E-state index contributed by atoms with van der Waals surface area (Å²) in [4.78, 5) is 4.53. The first-order chi connectivity index (χ1) is 11.2. The van der Waals surface area contributed by atoms with Crippen molar-refractivity contribution in [3.8, 4) is 17.0 Å². The molecule has 0 fully saturated rings. The van der Waals surface area contributed by atoms with Gasteiger partial charge in [0.1, 0.15) is 5.75 Å². The van der Waals surface area contributed by atoms with E-state index in [1.165, 1.54) is 11.3 Å². The molecule has 2 aromatic carbocycles. The molecule has 0 atom stereocenters. The van der Waals surface area contributed by atoms with Gasteiger partial charge in [-0.2, -0.15) is 5.10 Å². The number of nitrogens with zero attached hydrogens (tertiary/aromatic N) is 2. The molecule has 0 spiro atoms. The van der Waals surface area contributed by atoms with Crippen LogP contribution in [0.5, 0.6) is 5.75 Å². The molecule has 23 heavy (non-hydrogen) atoms. The lowest BCUT2D eigenvalue weighted by molar-refractivity contribution is 0.415. The number of hydrogen-bond donors (Lipinski definition) is 1. The Balaban J connectivity index is 1.65.